The van der Waals surface area contributed by atoms with Crippen LogP contribution in [0.5, 0.6) is 0 Å². The van der Waals surface area contributed by atoms with E-state index in [0.29, 0.717) is 0 Å². The summed E-state index contributed by atoms with van der Waals surface area (Å²) in [5.41, 5.74) is 0.232. The molecule has 4 rings (SSSR count). The van der Waals surface area contributed by atoms with Crippen molar-refractivity contribution in [2.45, 2.75) is 64.4 Å². The lowest BCUT2D eigenvalue weighted by Crippen LogP contribution is -2.48. The fourth-order valence-corrected chi connectivity index (χ4v) is 6.60. The molecule has 0 spiro atoms. The number of hydrogen-bond acceptors (Lipinski definition) is 2. The number of hydrogen-bond donors (Lipinski definition) is 1. The van der Waals surface area contributed by atoms with E-state index in [0.717, 1.165) is 36.0 Å². The molecule has 1 N–H and O–H groups in total. The molecule has 3 saturated carbocycles. The van der Waals surface area contributed by atoms with Gasteiger partial charge in [-0.15, -0.1) is 0 Å². The van der Waals surface area contributed by atoms with Crippen molar-refractivity contribution >= 4 is 0 Å². The molecular weight excluding hydrogens is 260 g/mol. The van der Waals surface area contributed by atoms with Gasteiger partial charge in [-0.3, -0.25) is 0 Å². The molecule has 0 heterocycles. The second-order valence-electron chi connectivity index (χ2n) is 8.39. The van der Waals surface area contributed by atoms with Crippen molar-refractivity contribution in [3.8, 4) is 0 Å². The average molecular weight is 290 g/mol. The monoisotopic (exact) mass is 290 g/mol. The molecule has 0 radical (unpaired) electrons. The minimum Gasteiger partial charge on any atom is -0.501 e. The summed E-state index contributed by atoms with van der Waals surface area (Å²) in [5, 5.41) is 10.4. The Kier molecular flexibility index (Phi) is 3.37. The predicted molar refractivity (Wildman–Crippen MR) is 83.6 cm³/mol. The summed E-state index contributed by atoms with van der Waals surface area (Å²) in [6.45, 7) is 2.38. The molecule has 3 fully saturated rings. The van der Waals surface area contributed by atoms with E-state index in [1.54, 1.807) is 0 Å². The summed E-state index contributed by atoms with van der Waals surface area (Å²) in [6.07, 6.45) is 12.5. The number of rotatable bonds is 1. The van der Waals surface area contributed by atoms with Gasteiger partial charge >= 0.3 is 0 Å². The summed E-state index contributed by atoms with van der Waals surface area (Å²) in [7, 11) is 1.82. The Morgan fingerprint density at radius 2 is 1.95 bits per heavy atom. The van der Waals surface area contributed by atoms with Gasteiger partial charge in [0.15, 0.2) is 0 Å². The summed E-state index contributed by atoms with van der Waals surface area (Å²) < 4.78 is 5.50. The highest BCUT2D eigenvalue weighted by Gasteiger charge is 2.56. The van der Waals surface area contributed by atoms with Crippen molar-refractivity contribution in [3.63, 3.8) is 0 Å². The number of aliphatic hydroxyl groups is 1. The predicted octanol–water partition coefficient (Wildman–Crippen LogP) is 4.14. The third-order valence-corrected chi connectivity index (χ3v) is 7.81. The number of ether oxygens (including phenoxy) is 1. The first-order valence-corrected chi connectivity index (χ1v) is 9.04. The smallest absolute Gasteiger partial charge is 0.0918 e. The van der Waals surface area contributed by atoms with Crippen LogP contribution in [0.4, 0.5) is 0 Å². The van der Waals surface area contributed by atoms with Gasteiger partial charge in [-0.2, -0.15) is 0 Å². The zero-order valence-corrected chi connectivity index (χ0v) is 13.6. The molecule has 0 bridgehead atoms. The van der Waals surface area contributed by atoms with Crippen molar-refractivity contribution < 1.29 is 9.84 Å². The van der Waals surface area contributed by atoms with Gasteiger partial charge in [0.2, 0.25) is 0 Å². The molecule has 2 heteroatoms. The molecule has 2 nitrogen and oxygen atoms in total. The first-order valence-electron chi connectivity index (χ1n) is 9.04. The molecule has 6 unspecified atom stereocenters. The largest absolute Gasteiger partial charge is 0.501 e. The van der Waals surface area contributed by atoms with E-state index in [4.69, 9.17) is 4.74 Å². The van der Waals surface area contributed by atoms with Gasteiger partial charge < -0.3 is 9.84 Å². The molecule has 0 aromatic carbocycles. The Labute approximate surface area is 129 Å². The molecule has 0 amide bonds. The topological polar surface area (TPSA) is 29.5 Å². The summed E-state index contributed by atoms with van der Waals surface area (Å²) in [4.78, 5) is 0. The quantitative estimate of drug-likeness (QED) is 0.786. The van der Waals surface area contributed by atoms with E-state index < -0.39 is 0 Å². The fourth-order valence-electron chi connectivity index (χ4n) is 6.60. The first kappa shape index (κ1) is 14.1. The zero-order valence-electron chi connectivity index (χ0n) is 13.6. The van der Waals surface area contributed by atoms with Crippen molar-refractivity contribution in [3.05, 3.63) is 11.8 Å². The SMILES string of the molecule is COC1=CCC2C(CCC3C2CC[C@]2(C)C(O)CCC32)C1. The average Bonchev–Trinajstić information content (AvgIpc) is 2.82. The van der Waals surface area contributed by atoms with Crippen LogP contribution in [0.3, 0.4) is 0 Å². The molecule has 4 aliphatic carbocycles. The van der Waals surface area contributed by atoms with E-state index >= 15 is 0 Å². The Bertz CT molecular complexity index is 443. The molecule has 0 aliphatic heterocycles. The lowest BCUT2D eigenvalue weighted by molar-refractivity contribution is -0.0760. The first-order chi connectivity index (χ1) is 10.1. The highest BCUT2D eigenvalue weighted by atomic mass is 16.5. The maximum Gasteiger partial charge on any atom is 0.0918 e. The molecule has 4 aliphatic rings. The van der Waals surface area contributed by atoms with E-state index in [9.17, 15) is 5.11 Å². The second kappa shape index (κ2) is 5.01. The molecule has 7 atom stereocenters. The summed E-state index contributed by atoms with van der Waals surface area (Å²) in [5.74, 6) is 5.58. The van der Waals surface area contributed by atoms with Gasteiger partial charge in [0.1, 0.15) is 0 Å². The van der Waals surface area contributed by atoms with Gasteiger partial charge in [0.25, 0.3) is 0 Å². The van der Waals surface area contributed by atoms with E-state index in [-0.39, 0.29) is 11.5 Å². The molecule has 0 aromatic rings. The summed E-state index contributed by atoms with van der Waals surface area (Å²) in [6, 6.07) is 0. The Morgan fingerprint density at radius 1 is 1.10 bits per heavy atom. The van der Waals surface area contributed by atoms with Crippen LogP contribution in [0.15, 0.2) is 11.8 Å². The van der Waals surface area contributed by atoms with E-state index in [2.05, 4.69) is 13.0 Å². The molecular formula is C19H30O2. The van der Waals surface area contributed by atoms with Crippen LogP contribution in [0, 0.1) is 35.0 Å². The van der Waals surface area contributed by atoms with Crippen LogP contribution >= 0.6 is 0 Å². The van der Waals surface area contributed by atoms with Crippen molar-refractivity contribution in [1.29, 1.82) is 0 Å². The van der Waals surface area contributed by atoms with E-state index in [1.807, 2.05) is 7.11 Å². The van der Waals surface area contributed by atoms with Crippen LogP contribution in [-0.2, 0) is 4.74 Å². The number of aliphatic hydroxyl groups excluding tert-OH is 1. The third-order valence-electron chi connectivity index (χ3n) is 7.81. The second-order valence-corrected chi connectivity index (χ2v) is 8.39. The Hall–Kier alpha value is -0.500. The van der Waals surface area contributed by atoms with Crippen molar-refractivity contribution in [2.24, 2.45) is 35.0 Å². The minimum absolute atomic E-state index is 0.0347. The van der Waals surface area contributed by atoms with Gasteiger partial charge in [-0.25, -0.2) is 0 Å². The maximum absolute atomic E-state index is 10.4. The van der Waals surface area contributed by atoms with Crippen LogP contribution in [-0.4, -0.2) is 18.3 Å². The lowest BCUT2D eigenvalue weighted by Gasteiger charge is -2.54. The Balaban J connectivity index is 1.57. The zero-order chi connectivity index (χ0) is 14.6. The van der Waals surface area contributed by atoms with Crippen molar-refractivity contribution in [1.82, 2.24) is 0 Å². The maximum atomic E-state index is 10.4. The molecule has 118 valence electrons. The normalized spacial score (nSPS) is 52.4. The van der Waals surface area contributed by atoms with Crippen LogP contribution < -0.4 is 0 Å². The number of fused-ring (bicyclic) bond motifs is 5. The third kappa shape index (κ3) is 2.01. The lowest BCUT2D eigenvalue weighted by atomic mass is 9.51. The minimum atomic E-state index is -0.0347. The molecule has 0 saturated heterocycles. The number of allylic oxidation sites excluding steroid dienone is 2. The van der Waals surface area contributed by atoms with Gasteiger partial charge in [0, 0.05) is 6.42 Å². The van der Waals surface area contributed by atoms with Crippen LogP contribution in [0.1, 0.15) is 58.3 Å². The van der Waals surface area contributed by atoms with Crippen LogP contribution in [0.2, 0.25) is 0 Å². The molecule has 21 heavy (non-hydrogen) atoms. The Morgan fingerprint density at radius 3 is 2.76 bits per heavy atom. The van der Waals surface area contributed by atoms with Gasteiger partial charge in [-0.1, -0.05) is 6.92 Å². The highest BCUT2D eigenvalue weighted by Crippen LogP contribution is 2.62. The highest BCUT2D eigenvalue weighted by molar-refractivity contribution is 5.10. The van der Waals surface area contributed by atoms with Crippen molar-refractivity contribution in [2.75, 3.05) is 7.11 Å². The van der Waals surface area contributed by atoms with Gasteiger partial charge in [0.05, 0.1) is 19.0 Å². The fraction of sp³-hybridized carbons (Fsp3) is 0.895. The van der Waals surface area contributed by atoms with Gasteiger partial charge in [-0.05, 0) is 86.0 Å². The van der Waals surface area contributed by atoms with E-state index in [1.165, 1.54) is 50.7 Å². The molecule has 0 aromatic heterocycles. The number of methoxy groups -OCH3 is 1. The standard InChI is InChI=1S/C19H30O2/c1-19-10-9-15-14-6-4-13(21-2)11-12(14)3-5-16(15)17(19)7-8-18(19)20/h4,12,14-18,20H,3,5-11H2,1-2H3/t12?,14?,15?,16?,17?,18?,19-/m0/s1. The van der Waals surface area contributed by atoms with Crippen LogP contribution in [0.25, 0.3) is 0 Å². The summed E-state index contributed by atoms with van der Waals surface area (Å²) >= 11 is 0.